The third-order valence-corrected chi connectivity index (χ3v) is 2.30. The molecule has 1 aromatic heterocycles. The van der Waals surface area contributed by atoms with Crippen LogP contribution in [0.25, 0.3) is 10.9 Å². The molecule has 72 valence electrons. The van der Waals surface area contributed by atoms with Crippen molar-refractivity contribution in [1.82, 2.24) is 9.78 Å². The Balaban J connectivity index is 2.87. The van der Waals surface area contributed by atoms with Gasteiger partial charge in [0, 0.05) is 18.6 Å². The van der Waals surface area contributed by atoms with Crippen molar-refractivity contribution in [1.29, 1.82) is 0 Å². The Kier molecular flexibility index (Phi) is 1.93. The standard InChI is InChI=1S/C9H7ClN2O2/c1-12-4-6-7(10)3-2-5(9(13)14)8(6)11-12/h2-4H,1H3,(H,13,14). The lowest BCUT2D eigenvalue weighted by atomic mass is 10.1. The van der Waals surface area contributed by atoms with Gasteiger partial charge in [0.2, 0.25) is 0 Å². The van der Waals surface area contributed by atoms with Crippen LogP contribution in [-0.2, 0) is 7.05 Å². The van der Waals surface area contributed by atoms with E-state index in [4.69, 9.17) is 16.7 Å². The van der Waals surface area contributed by atoms with Crippen LogP contribution >= 0.6 is 11.6 Å². The molecule has 0 aliphatic carbocycles. The van der Waals surface area contributed by atoms with Gasteiger partial charge < -0.3 is 5.11 Å². The minimum Gasteiger partial charge on any atom is -0.478 e. The van der Waals surface area contributed by atoms with Crippen LogP contribution in [0.4, 0.5) is 0 Å². The van der Waals surface area contributed by atoms with E-state index in [1.807, 2.05) is 0 Å². The summed E-state index contributed by atoms with van der Waals surface area (Å²) < 4.78 is 1.54. The number of halogens is 1. The van der Waals surface area contributed by atoms with Gasteiger partial charge in [-0.3, -0.25) is 4.68 Å². The monoisotopic (exact) mass is 210 g/mol. The van der Waals surface area contributed by atoms with E-state index in [1.165, 1.54) is 6.07 Å². The fourth-order valence-electron chi connectivity index (χ4n) is 1.36. The lowest BCUT2D eigenvalue weighted by Crippen LogP contribution is -1.97. The van der Waals surface area contributed by atoms with E-state index in [9.17, 15) is 4.79 Å². The van der Waals surface area contributed by atoms with Crippen LogP contribution in [0.3, 0.4) is 0 Å². The number of benzene rings is 1. The molecule has 0 amide bonds. The summed E-state index contributed by atoms with van der Waals surface area (Å²) in [5.74, 6) is -0.995. The molecule has 0 bridgehead atoms. The van der Waals surface area contributed by atoms with E-state index in [1.54, 1.807) is 24.0 Å². The minimum absolute atomic E-state index is 0.171. The van der Waals surface area contributed by atoms with Gasteiger partial charge in [-0.2, -0.15) is 5.10 Å². The zero-order valence-corrected chi connectivity index (χ0v) is 8.12. The summed E-state index contributed by atoms with van der Waals surface area (Å²) in [7, 11) is 1.72. The molecule has 0 saturated heterocycles. The fraction of sp³-hybridized carbons (Fsp3) is 0.111. The van der Waals surface area contributed by atoms with Crippen molar-refractivity contribution in [3.05, 3.63) is 28.9 Å². The molecule has 14 heavy (non-hydrogen) atoms. The second kappa shape index (κ2) is 2.99. The Bertz CT molecular complexity index is 519. The van der Waals surface area contributed by atoms with E-state index >= 15 is 0 Å². The molecule has 1 heterocycles. The van der Waals surface area contributed by atoms with Crippen LogP contribution in [-0.4, -0.2) is 20.9 Å². The second-order valence-corrected chi connectivity index (χ2v) is 3.37. The summed E-state index contributed by atoms with van der Waals surface area (Å²) in [5, 5.41) is 14.1. The van der Waals surface area contributed by atoms with Crippen LogP contribution in [0.15, 0.2) is 18.3 Å². The van der Waals surface area contributed by atoms with Gasteiger partial charge in [0.15, 0.2) is 0 Å². The molecule has 0 unspecified atom stereocenters. The quantitative estimate of drug-likeness (QED) is 0.783. The fourth-order valence-corrected chi connectivity index (χ4v) is 1.56. The van der Waals surface area contributed by atoms with Crippen molar-refractivity contribution < 1.29 is 9.90 Å². The van der Waals surface area contributed by atoms with Crippen molar-refractivity contribution in [2.45, 2.75) is 0 Å². The third kappa shape index (κ3) is 1.24. The highest BCUT2D eigenvalue weighted by atomic mass is 35.5. The second-order valence-electron chi connectivity index (χ2n) is 2.97. The molecule has 0 fully saturated rings. The van der Waals surface area contributed by atoms with Crippen LogP contribution in [0.5, 0.6) is 0 Å². The molecule has 4 nitrogen and oxygen atoms in total. The van der Waals surface area contributed by atoms with Crippen molar-refractivity contribution in [3.8, 4) is 0 Å². The van der Waals surface area contributed by atoms with Crippen molar-refractivity contribution in [2.24, 2.45) is 7.05 Å². The molecule has 0 aliphatic rings. The van der Waals surface area contributed by atoms with Crippen LogP contribution < -0.4 is 0 Å². The molecular weight excluding hydrogens is 204 g/mol. The van der Waals surface area contributed by atoms with Crippen LogP contribution in [0.1, 0.15) is 10.4 Å². The number of aryl methyl sites for hydroxylation is 1. The number of aromatic carboxylic acids is 1. The number of rotatable bonds is 1. The van der Waals surface area contributed by atoms with Gasteiger partial charge in [-0.05, 0) is 12.1 Å². The van der Waals surface area contributed by atoms with Gasteiger partial charge in [-0.15, -0.1) is 0 Å². The number of hydrogen-bond donors (Lipinski definition) is 1. The zero-order valence-electron chi connectivity index (χ0n) is 7.36. The van der Waals surface area contributed by atoms with Gasteiger partial charge in [-0.1, -0.05) is 11.6 Å². The highest BCUT2D eigenvalue weighted by molar-refractivity contribution is 6.35. The largest absolute Gasteiger partial charge is 0.478 e. The van der Waals surface area contributed by atoms with Gasteiger partial charge >= 0.3 is 5.97 Å². The zero-order chi connectivity index (χ0) is 10.3. The predicted octanol–water partition coefficient (Wildman–Crippen LogP) is 1.92. The van der Waals surface area contributed by atoms with Crippen molar-refractivity contribution in [3.63, 3.8) is 0 Å². The summed E-state index contributed by atoms with van der Waals surface area (Å²) in [6.45, 7) is 0. The van der Waals surface area contributed by atoms with E-state index in [2.05, 4.69) is 5.10 Å². The van der Waals surface area contributed by atoms with Crippen LogP contribution in [0.2, 0.25) is 5.02 Å². The summed E-state index contributed by atoms with van der Waals surface area (Å²) in [6, 6.07) is 3.02. The molecule has 5 heteroatoms. The minimum atomic E-state index is -0.995. The van der Waals surface area contributed by atoms with Gasteiger partial charge in [-0.25, -0.2) is 4.79 Å². The SMILES string of the molecule is Cn1cc2c(Cl)ccc(C(=O)O)c2n1. The van der Waals surface area contributed by atoms with Crippen LogP contribution in [0, 0.1) is 0 Å². The molecule has 2 rings (SSSR count). The first-order valence-electron chi connectivity index (χ1n) is 3.95. The first-order chi connectivity index (χ1) is 6.59. The number of carbonyl (C=O) groups is 1. The number of carboxylic acids is 1. The third-order valence-electron chi connectivity index (χ3n) is 1.97. The number of aromatic nitrogens is 2. The average Bonchev–Trinajstić information content (AvgIpc) is 2.47. The Morgan fingerprint density at radius 2 is 2.29 bits per heavy atom. The number of nitrogens with zero attached hydrogens (tertiary/aromatic N) is 2. The number of carboxylic acid groups (broad SMARTS) is 1. The van der Waals surface area contributed by atoms with Gasteiger partial charge in [0.05, 0.1) is 10.6 Å². The molecule has 0 atom stereocenters. The maximum absolute atomic E-state index is 10.8. The van der Waals surface area contributed by atoms with Gasteiger partial charge in [0.1, 0.15) is 5.52 Å². The first kappa shape index (κ1) is 9.02. The number of hydrogen-bond acceptors (Lipinski definition) is 2. The Labute approximate surface area is 84.7 Å². The average molecular weight is 211 g/mol. The summed E-state index contributed by atoms with van der Waals surface area (Å²) in [5.41, 5.74) is 0.595. The van der Waals surface area contributed by atoms with E-state index in [0.29, 0.717) is 15.9 Å². The van der Waals surface area contributed by atoms with E-state index < -0.39 is 5.97 Å². The Morgan fingerprint density at radius 3 is 2.93 bits per heavy atom. The van der Waals surface area contributed by atoms with E-state index in [-0.39, 0.29) is 5.56 Å². The molecule has 1 N–H and O–H groups in total. The Hall–Kier alpha value is -1.55. The molecule has 1 aromatic carbocycles. The molecule has 0 spiro atoms. The highest BCUT2D eigenvalue weighted by Gasteiger charge is 2.13. The first-order valence-corrected chi connectivity index (χ1v) is 4.32. The molecular formula is C9H7ClN2O2. The Morgan fingerprint density at radius 1 is 1.57 bits per heavy atom. The lowest BCUT2D eigenvalue weighted by Gasteiger charge is -1.96. The van der Waals surface area contributed by atoms with E-state index in [0.717, 1.165) is 0 Å². The molecule has 0 aliphatic heterocycles. The molecule has 0 saturated carbocycles. The maximum Gasteiger partial charge on any atom is 0.337 e. The number of fused-ring (bicyclic) bond motifs is 1. The molecule has 2 aromatic rings. The maximum atomic E-state index is 10.8. The summed E-state index contributed by atoms with van der Waals surface area (Å²) in [4.78, 5) is 10.8. The lowest BCUT2D eigenvalue weighted by molar-refractivity contribution is 0.0699. The topological polar surface area (TPSA) is 55.1 Å². The summed E-state index contributed by atoms with van der Waals surface area (Å²) >= 11 is 5.90. The summed E-state index contributed by atoms with van der Waals surface area (Å²) in [6.07, 6.45) is 1.70. The smallest absolute Gasteiger partial charge is 0.337 e. The predicted molar refractivity (Wildman–Crippen MR) is 52.7 cm³/mol. The highest BCUT2D eigenvalue weighted by Crippen LogP contribution is 2.25. The van der Waals surface area contributed by atoms with Gasteiger partial charge in [0.25, 0.3) is 0 Å². The van der Waals surface area contributed by atoms with Crippen molar-refractivity contribution in [2.75, 3.05) is 0 Å². The normalized spacial score (nSPS) is 10.7. The molecule has 0 radical (unpaired) electrons. The van der Waals surface area contributed by atoms with Crippen molar-refractivity contribution >= 4 is 28.5 Å².